The third-order valence-electron chi connectivity index (χ3n) is 3.98. The molecule has 4 rings (SSSR count). The van der Waals surface area contributed by atoms with Crippen molar-refractivity contribution >= 4 is 17.6 Å². The molecule has 0 spiro atoms. The number of rotatable bonds is 2. The van der Waals surface area contributed by atoms with Crippen LogP contribution in [0.1, 0.15) is 24.8 Å². The van der Waals surface area contributed by atoms with Crippen LogP contribution in [0.2, 0.25) is 5.02 Å². The predicted octanol–water partition coefficient (Wildman–Crippen LogP) is 2.99. The van der Waals surface area contributed by atoms with E-state index < -0.39 is 11.4 Å². The summed E-state index contributed by atoms with van der Waals surface area (Å²) in [6.07, 6.45) is 1.64. The van der Waals surface area contributed by atoms with Gasteiger partial charge < -0.3 is 5.11 Å². The number of carboxylic acid groups (broad SMARTS) is 1. The lowest BCUT2D eigenvalue weighted by atomic mass is 9.33. The van der Waals surface area contributed by atoms with Crippen molar-refractivity contribution in [1.82, 2.24) is 0 Å². The number of aliphatic carboxylic acids is 1. The first-order valence-electron chi connectivity index (χ1n) is 5.17. The highest BCUT2D eigenvalue weighted by molar-refractivity contribution is 6.30. The van der Waals surface area contributed by atoms with Crippen LogP contribution in [0.3, 0.4) is 0 Å². The molecule has 1 N–H and O–H groups in total. The highest BCUT2D eigenvalue weighted by atomic mass is 35.5. The number of benzene rings is 1. The highest BCUT2D eigenvalue weighted by Crippen LogP contribution is 2.73. The third kappa shape index (κ3) is 1.04. The van der Waals surface area contributed by atoms with E-state index >= 15 is 0 Å². The summed E-state index contributed by atoms with van der Waals surface area (Å²) in [6, 6.07) is 4.49. The van der Waals surface area contributed by atoms with E-state index in [9.17, 15) is 9.18 Å². The van der Waals surface area contributed by atoms with Gasteiger partial charge in [-0.25, -0.2) is 4.39 Å². The number of halogens is 2. The molecule has 0 unspecified atom stereocenters. The molecule has 1 aromatic carbocycles. The van der Waals surface area contributed by atoms with E-state index in [1.54, 1.807) is 6.07 Å². The van der Waals surface area contributed by atoms with Gasteiger partial charge in [0.1, 0.15) is 5.82 Å². The molecule has 3 saturated carbocycles. The van der Waals surface area contributed by atoms with Gasteiger partial charge in [-0.1, -0.05) is 11.6 Å². The standard InChI is InChI=1S/C12H10ClFO2/c13-7-1-2-9(14)8(3-7)11-4-12(5-11,6-11)10(15)16/h1-3H,4-6H2,(H,15,16). The maximum Gasteiger partial charge on any atom is 0.309 e. The molecule has 2 nitrogen and oxygen atoms in total. The molecule has 3 aliphatic carbocycles. The van der Waals surface area contributed by atoms with E-state index in [1.165, 1.54) is 12.1 Å². The Morgan fingerprint density at radius 1 is 1.38 bits per heavy atom. The molecule has 2 bridgehead atoms. The van der Waals surface area contributed by atoms with Crippen LogP contribution in [0.4, 0.5) is 4.39 Å². The lowest BCUT2D eigenvalue weighted by molar-refractivity contribution is -0.195. The largest absolute Gasteiger partial charge is 0.481 e. The summed E-state index contributed by atoms with van der Waals surface area (Å²) in [7, 11) is 0. The normalized spacial score (nSPS) is 35.1. The Balaban J connectivity index is 1.93. The number of hydrogen-bond donors (Lipinski definition) is 1. The zero-order valence-electron chi connectivity index (χ0n) is 8.46. The van der Waals surface area contributed by atoms with Crippen LogP contribution in [-0.2, 0) is 10.2 Å². The first kappa shape index (κ1) is 10.1. The van der Waals surface area contributed by atoms with E-state index in [1.807, 2.05) is 0 Å². The van der Waals surface area contributed by atoms with Crippen molar-refractivity contribution in [3.05, 3.63) is 34.6 Å². The first-order valence-corrected chi connectivity index (χ1v) is 5.54. The smallest absolute Gasteiger partial charge is 0.309 e. The lowest BCUT2D eigenvalue weighted by Gasteiger charge is -2.68. The van der Waals surface area contributed by atoms with Crippen LogP contribution < -0.4 is 0 Å². The van der Waals surface area contributed by atoms with Gasteiger partial charge in [-0.2, -0.15) is 0 Å². The van der Waals surface area contributed by atoms with Gasteiger partial charge in [-0.15, -0.1) is 0 Å². The molecule has 0 radical (unpaired) electrons. The van der Waals surface area contributed by atoms with Crippen molar-refractivity contribution < 1.29 is 14.3 Å². The molecule has 3 fully saturated rings. The van der Waals surface area contributed by atoms with Crippen LogP contribution >= 0.6 is 11.6 Å². The zero-order valence-corrected chi connectivity index (χ0v) is 9.22. The molecular formula is C12H10ClFO2. The van der Waals surface area contributed by atoms with Gasteiger partial charge in [0.05, 0.1) is 5.41 Å². The Bertz CT molecular complexity index is 478. The second kappa shape index (κ2) is 2.77. The van der Waals surface area contributed by atoms with Crippen molar-refractivity contribution in [2.45, 2.75) is 24.7 Å². The van der Waals surface area contributed by atoms with Crippen molar-refractivity contribution in [2.75, 3.05) is 0 Å². The van der Waals surface area contributed by atoms with Crippen LogP contribution in [0.25, 0.3) is 0 Å². The Hall–Kier alpha value is -1.09. The minimum Gasteiger partial charge on any atom is -0.481 e. The summed E-state index contributed by atoms with van der Waals surface area (Å²) < 4.78 is 13.6. The van der Waals surface area contributed by atoms with E-state index in [0.717, 1.165) is 0 Å². The summed E-state index contributed by atoms with van der Waals surface area (Å²) in [5.74, 6) is -1.03. The lowest BCUT2D eigenvalue weighted by Crippen LogP contribution is -2.68. The van der Waals surface area contributed by atoms with Gasteiger partial charge in [0.15, 0.2) is 0 Å². The number of carboxylic acids is 1. The summed E-state index contributed by atoms with van der Waals surface area (Å²) in [5.41, 5.74) is -0.245. The molecule has 84 valence electrons. The van der Waals surface area contributed by atoms with Gasteiger partial charge in [-0.05, 0) is 43.0 Å². The van der Waals surface area contributed by atoms with E-state index in [2.05, 4.69) is 0 Å². The summed E-state index contributed by atoms with van der Waals surface area (Å²) >= 11 is 5.84. The van der Waals surface area contributed by atoms with Gasteiger partial charge in [-0.3, -0.25) is 4.79 Å². The van der Waals surface area contributed by atoms with Crippen molar-refractivity contribution in [1.29, 1.82) is 0 Å². The molecule has 16 heavy (non-hydrogen) atoms. The van der Waals surface area contributed by atoms with Gasteiger partial charge >= 0.3 is 5.97 Å². The van der Waals surface area contributed by atoms with Crippen LogP contribution in [0, 0.1) is 11.2 Å². The van der Waals surface area contributed by atoms with E-state index in [-0.39, 0.29) is 11.2 Å². The Morgan fingerprint density at radius 3 is 2.56 bits per heavy atom. The Morgan fingerprint density at radius 2 is 2.00 bits per heavy atom. The molecule has 4 heteroatoms. The minimum absolute atomic E-state index is 0.257. The van der Waals surface area contributed by atoms with E-state index in [0.29, 0.717) is 29.8 Å². The molecule has 3 aliphatic rings. The molecule has 0 heterocycles. The average Bonchev–Trinajstić information content (AvgIpc) is 2.05. The molecule has 0 aromatic heterocycles. The fourth-order valence-electron chi connectivity index (χ4n) is 3.20. The third-order valence-corrected chi connectivity index (χ3v) is 4.22. The highest BCUT2D eigenvalue weighted by Gasteiger charge is 2.72. The molecule has 0 saturated heterocycles. The quantitative estimate of drug-likeness (QED) is 0.863. The Kier molecular flexibility index (Phi) is 1.75. The monoisotopic (exact) mass is 240 g/mol. The SMILES string of the molecule is O=C(O)C12CC(c3cc(Cl)ccc3F)(C1)C2. The zero-order chi connectivity index (χ0) is 11.6. The molecule has 0 amide bonds. The molecule has 0 atom stereocenters. The van der Waals surface area contributed by atoms with Crippen molar-refractivity contribution in [3.8, 4) is 0 Å². The number of carbonyl (C=O) groups is 1. The van der Waals surface area contributed by atoms with Crippen LogP contribution in [0.5, 0.6) is 0 Å². The Labute approximate surface area is 97.0 Å². The molecule has 0 aliphatic heterocycles. The average molecular weight is 241 g/mol. The van der Waals surface area contributed by atoms with Gasteiger partial charge in [0, 0.05) is 10.4 Å². The van der Waals surface area contributed by atoms with Crippen LogP contribution in [-0.4, -0.2) is 11.1 Å². The maximum absolute atomic E-state index is 13.6. The van der Waals surface area contributed by atoms with Gasteiger partial charge in [0.25, 0.3) is 0 Å². The van der Waals surface area contributed by atoms with Gasteiger partial charge in [0.2, 0.25) is 0 Å². The van der Waals surface area contributed by atoms with Crippen molar-refractivity contribution in [2.24, 2.45) is 5.41 Å². The number of hydrogen-bond acceptors (Lipinski definition) is 1. The molecule has 1 aromatic rings. The predicted molar refractivity (Wildman–Crippen MR) is 57.0 cm³/mol. The van der Waals surface area contributed by atoms with Crippen molar-refractivity contribution in [3.63, 3.8) is 0 Å². The van der Waals surface area contributed by atoms with Crippen LogP contribution in [0.15, 0.2) is 18.2 Å². The fourth-order valence-corrected chi connectivity index (χ4v) is 3.38. The molecular weight excluding hydrogens is 231 g/mol. The topological polar surface area (TPSA) is 37.3 Å². The maximum atomic E-state index is 13.6. The van der Waals surface area contributed by atoms with E-state index in [4.69, 9.17) is 16.7 Å². The first-order chi connectivity index (χ1) is 7.47. The second-order valence-electron chi connectivity index (χ2n) is 5.02. The fraction of sp³-hybridized carbons (Fsp3) is 0.417. The second-order valence-corrected chi connectivity index (χ2v) is 5.46. The summed E-state index contributed by atoms with van der Waals surface area (Å²) in [5, 5.41) is 9.50. The summed E-state index contributed by atoms with van der Waals surface area (Å²) in [4.78, 5) is 10.9. The summed E-state index contributed by atoms with van der Waals surface area (Å²) in [6.45, 7) is 0. The minimum atomic E-state index is -0.753.